The molecule has 1 amide bonds. The smallest absolute Gasteiger partial charge is 0.252 e. The van der Waals surface area contributed by atoms with Crippen LogP contribution in [0.3, 0.4) is 0 Å². The minimum atomic E-state index is -0.155. The summed E-state index contributed by atoms with van der Waals surface area (Å²) in [5.74, 6) is 0.259. The van der Waals surface area contributed by atoms with Crippen LogP contribution in [-0.2, 0) is 4.74 Å². The minimum Gasteiger partial charge on any atom is -0.381 e. The zero-order chi connectivity index (χ0) is 12.3. The Kier molecular flexibility index (Phi) is 4.31. The molecule has 1 aliphatic rings. The fourth-order valence-corrected chi connectivity index (χ4v) is 2.17. The molecule has 0 aliphatic carbocycles. The van der Waals surface area contributed by atoms with Gasteiger partial charge in [-0.1, -0.05) is 11.6 Å². The van der Waals surface area contributed by atoms with E-state index in [4.69, 9.17) is 16.3 Å². The summed E-state index contributed by atoms with van der Waals surface area (Å²) in [5, 5.41) is 3.32. The van der Waals surface area contributed by atoms with Gasteiger partial charge in [-0.05, 0) is 24.6 Å². The van der Waals surface area contributed by atoms with Crippen molar-refractivity contribution in [2.45, 2.75) is 11.3 Å². The number of thiol groups is 1. The Bertz CT molecular complexity index is 419. The van der Waals surface area contributed by atoms with Crippen LogP contribution in [0.4, 0.5) is 0 Å². The Morgan fingerprint density at radius 1 is 1.59 bits per heavy atom. The number of amides is 1. The first-order valence-electron chi connectivity index (χ1n) is 5.51. The van der Waals surface area contributed by atoms with Crippen molar-refractivity contribution >= 4 is 30.1 Å². The maximum absolute atomic E-state index is 11.9. The molecule has 17 heavy (non-hydrogen) atoms. The summed E-state index contributed by atoms with van der Waals surface area (Å²) in [7, 11) is 0. The van der Waals surface area contributed by atoms with Crippen molar-refractivity contribution in [3.63, 3.8) is 0 Å². The molecule has 0 aromatic heterocycles. The van der Waals surface area contributed by atoms with Gasteiger partial charge < -0.3 is 10.1 Å². The predicted octanol–water partition coefficient (Wildman–Crippen LogP) is 2.40. The first-order valence-corrected chi connectivity index (χ1v) is 6.34. The van der Waals surface area contributed by atoms with Crippen LogP contribution in [0.5, 0.6) is 0 Å². The van der Waals surface area contributed by atoms with E-state index in [0.717, 1.165) is 24.5 Å². The number of carbonyl (C=O) groups excluding carboxylic acids is 1. The summed E-state index contributed by atoms with van der Waals surface area (Å²) in [5.41, 5.74) is 0.470. The highest BCUT2D eigenvalue weighted by atomic mass is 35.5. The summed E-state index contributed by atoms with van der Waals surface area (Å²) in [4.78, 5) is 12.6. The van der Waals surface area contributed by atoms with Crippen LogP contribution in [0.25, 0.3) is 0 Å². The van der Waals surface area contributed by atoms with Crippen LogP contribution in [0.2, 0.25) is 5.02 Å². The van der Waals surface area contributed by atoms with Crippen molar-refractivity contribution in [1.29, 1.82) is 0 Å². The molecule has 1 aromatic rings. The highest BCUT2D eigenvalue weighted by Crippen LogP contribution is 2.19. The summed E-state index contributed by atoms with van der Waals surface area (Å²) >= 11 is 10.2. The molecule has 3 nitrogen and oxygen atoms in total. The van der Waals surface area contributed by atoms with E-state index in [-0.39, 0.29) is 5.91 Å². The Balaban J connectivity index is 1.96. The Morgan fingerprint density at radius 3 is 3.12 bits per heavy atom. The number of nitrogens with one attached hydrogen (secondary N) is 1. The van der Waals surface area contributed by atoms with E-state index in [0.29, 0.717) is 23.0 Å². The predicted molar refractivity (Wildman–Crippen MR) is 70.0 cm³/mol. The van der Waals surface area contributed by atoms with E-state index < -0.39 is 0 Å². The van der Waals surface area contributed by atoms with Gasteiger partial charge in [0.2, 0.25) is 0 Å². The molecule has 92 valence electrons. The van der Waals surface area contributed by atoms with Crippen LogP contribution in [0.1, 0.15) is 16.8 Å². The molecule has 2 rings (SSSR count). The van der Waals surface area contributed by atoms with E-state index in [9.17, 15) is 4.79 Å². The number of rotatable bonds is 3. The highest BCUT2D eigenvalue weighted by Gasteiger charge is 2.17. The third kappa shape index (κ3) is 3.37. The quantitative estimate of drug-likeness (QED) is 0.829. The lowest BCUT2D eigenvalue weighted by atomic mass is 10.1. The average molecular weight is 272 g/mol. The molecule has 1 N–H and O–H groups in total. The summed E-state index contributed by atoms with van der Waals surface area (Å²) in [6, 6.07) is 5.11. The molecule has 1 unspecified atom stereocenters. The zero-order valence-electron chi connectivity index (χ0n) is 9.28. The average Bonchev–Trinajstić information content (AvgIpc) is 2.82. The van der Waals surface area contributed by atoms with Gasteiger partial charge in [-0.15, -0.1) is 12.6 Å². The monoisotopic (exact) mass is 271 g/mol. The molecule has 0 radical (unpaired) electrons. The highest BCUT2D eigenvalue weighted by molar-refractivity contribution is 7.80. The molecule has 0 spiro atoms. The van der Waals surface area contributed by atoms with Crippen molar-refractivity contribution in [2.24, 2.45) is 5.92 Å². The number of hydrogen-bond donors (Lipinski definition) is 2. The standard InChI is InChI=1S/C12H14ClNO2S/c13-11-2-1-9(17)5-10(11)12(15)14-6-8-3-4-16-7-8/h1-2,5,8,17H,3-4,6-7H2,(H,14,15). The number of carbonyl (C=O) groups is 1. The number of ether oxygens (including phenoxy) is 1. The first-order chi connectivity index (χ1) is 8.16. The fourth-order valence-electron chi connectivity index (χ4n) is 1.76. The normalized spacial score (nSPS) is 19.3. The zero-order valence-corrected chi connectivity index (χ0v) is 10.9. The van der Waals surface area contributed by atoms with Gasteiger partial charge in [0.15, 0.2) is 0 Å². The van der Waals surface area contributed by atoms with Gasteiger partial charge in [0.1, 0.15) is 0 Å². The Morgan fingerprint density at radius 2 is 2.41 bits per heavy atom. The molecule has 5 heteroatoms. The van der Waals surface area contributed by atoms with E-state index >= 15 is 0 Å². The van der Waals surface area contributed by atoms with Crippen LogP contribution >= 0.6 is 24.2 Å². The van der Waals surface area contributed by atoms with Crippen molar-refractivity contribution < 1.29 is 9.53 Å². The van der Waals surface area contributed by atoms with E-state index in [1.165, 1.54) is 0 Å². The van der Waals surface area contributed by atoms with E-state index in [1.54, 1.807) is 18.2 Å². The minimum absolute atomic E-state index is 0.155. The second-order valence-electron chi connectivity index (χ2n) is 4.10. The van der Waals surface area contributed by atoms with Gasteiger partial charge in [0.05, 0.1) is 17.2 Å². The second-order valence-corrected chi connectivity index (χ2v) is 5.03. The van der Waals surface area contributed by atoms with E-state index in [2.05, 4.69) is 17.9 Å². The molecular formula is C12H14ClNO2S. The first kappa shape index (κ1) is 12.7. The summed E-state index contributed by atoms with van der Waals surface area (Å²) in [6.45, 7) is 2.14. The number of halogens is 1. The van der Waals surface area contributed by atoms with Gasteiger partial charge in [0.25, 0.3) is 5.91 Å². The van der Waals surface area contributed by atoms with Crippen LogP contribution < -0.4 is 5.32 Å². The van der Waals surface area contributed by atoms with Gasteiger partial charge >= 0.3 is 0 Å². The molecule has 1 aromatic carbocycles. The molecular weight excluding hydrogens is 258 g/mol. The summed E-state index contributed by atoms with van der Waals surface area (Å²) in [6.07, 6.45) is 1.00. The van der Waals surface area contributed by atoms with Crippen LogP contribution in [0, 0.1) is 5.92 Å². The number of hydrogen-bond acceptors (Lipinski definition) is 3. The lowest BCUT2D eigenvalue weighted by molar-refractivity contribution is 0.0945. The van der Waals surface area contributed by atoms with Gasteiger partial charge in [0, 0.05) is 24.0 Å². The number of benzene rings is 1. The van der Waals surface area contributed by atoms with Crippen molar-refractivity contribution in [3.8, 4) is 0 Å². The van der Waals surface area contributed by atoms with Gasteiger partial charge in [-0.3, -0.25) is 4.79 Å². The molecule has 1 fully saturated rings. The lowest BCUT2D eigenvalue weighted by Crippen LogP contribution is -2.29. The molecule has 1 heterocycles. The van der Waals surface area contributed by atoms with Gasteiger partial charge in [-0.2, -0.15) is 0 Å². The summed E-state index contributed by atoms with van der Waals surface area (Å²) < 4.78 is 5.25. The largest absolute Gasteiger partial charge is 0.381 e. The van der Waals surface area contributed by atoms with Crippen molar-refractivity contribution in [1.82, 2.24) is 5.32 Å². The Labute approximate surface area is 111 Å². The molecule has 0 bridgehead atoms. The maximum atomic E-state index is 11.9. The van der Waals surface area contributed by atoms with Crippen molar-refractivity contribution in [2.75, 3.05) is 19.8 Å². The fraction of sp³-hybridized carbons (Fsp3) is 0.417. The van der Waals surface area contributed by atoms with E-state index in [1.807, 2.05) is 0 Å². The van der Waals surface area contributed by atoms with Crippen LogP contribution in [-0.4, -0.2) is 25.7 Å². The Hall–Kier alpha value is -0.710. The van der Waals surface area contributed by atoms with Crippen LogP contribution in [0.15, 0.2) is 23.1 Å². The molecule has 1 aliphatic heterocycles. The lowest BCUT2D eigenvalue weighted by Gasteiger charge is -2.10. The third-order valence-corrected chi connectivity index (χ3v) is 3.38. The molecule has 1 atom stereocenters. The van der Waals surface area contributed by atoms with Crippen molar-refractivity contribution in [3.05, 3.63) is 28.8 Å². The topological polar surface area (TPSA) is 38.3 Å². The third-order valence-electron chi connectivity index (χ3n) is 2.77. The maximum Gasteiger partial charge on any atom is 0.252 e. The van der Waals surface area contributed by atoms with Gasteiger partial charge in [-0.25, -0.2) is 0 Å². The second kappa shape index (κ2) is 5.76. The molecule has 1 saturated heterocycles. The SMILES string of the molecule is O=C(NCC1CCOC1)c1cc(S)ccc1Cl. The molecule has 0 saturated carbocycles.